The number of hydrogen-bond acceptors (Lipinski definition) is 6. The van der Waals surface area contributed by atoms with Crippen molar-refractivity contribution >= 4 is 46.3 Å². The Morgan fingerprint density at radius 1 is 1.06 bits per heavy atom. The van der Waals surface area contributed by atoms with Crippen molar-refractivity contribution in [1.29, 1.82) is 0 Å². The number of nitrogens with one attached hydrogen (secondary N) is 1. The van der Waals surface area contributed by atoms with E-state index < -0.39 is 5.25 Å². The molecule has 1 unspecified atom stereocenters. The number of carbonyl (C=O) groups excluding carboxylic acids is 2. The molecule has 0 aliphatic carbocycles. The normalized spacial score (nSPS) is 14.0. The van der Waals surface area contributed by atoms with Gasteiger partial charge >= 0.3 is 0 Å². The van der Waals surface area contributed by atoms with Crippen LogP contribution in [-0.4, -0.2) is 38.4 Å². The van der Waals surface area contributed by atoms with Crippen LogP contribution in [0, 0.1) is 0 Å². The highest BCUT2D eigenvalue weighted by molar-refractivity contribution is 8.00. The van der Waals surface area contributed by atoms with Gasteiger partial charge in [0, 0.05) is 5.69 Å². The van der Waals surface area contributed by atoms with Gasteiger partial charge in [0.1, 0.15) is 6.54 Å². The second-order valence-electron chi connectivity index (χ2n) is 7.20. The van der Waals surface area contributed by atoms with E-state index in [0.717, 1.165) is 16.4 Å². The van der Waals surface area contributed by atoms with Crippen molar-refractivity contribution in [2.45, 2.75) is 17.3 Å². The third-order valence-electron chi connectivity index (χ3n) is 5.06. The van der Waals surface area contributed by atoms with E-state index in [9.17, 15) is 9.59 Å². The van der Waals surface area contributed by atoms with Gasteiger partial charge in [-0.1, -0.05) is 48.2 Å². The summed E-state index contributed by atoms with van der Waals surface area (Å²) in [5, 5.41) is 13.8. The van der Waals surface area contributed by atoms with Crippen molar-refractivity contribution in [1.82, 2.24) is 14.8 Å². The molecule has 4 aromatic rings. The van der Waals surface area contributed by atoms with Gasteiger partial charge in [-0.2, -0.15) is 0 Å². The van der Waals surface area contributed by atoms with E-state index in [0.29, 0.717) is 16.5 Å². The van der Waals surface area contributed by atoms with Gasteiger partial charge in [0.05, 0.1) is 21.5 Å². The largest absolute Gasteiger partial charge is 0.323 e. The van der Waals surface area contributed by atoms with Crippen molar-refractivity contribution in [2.24, 2.45) is 0 Å². The molecule has 2 aromatic carbocycles. The first-order valence-electron chi connectivity index (χ1n) is 10.0. The first-order valence-corrected chi connectivity index (χ1v) is 11.8. The predicted molar refractivity (Wildman–Crippen MR) is 127 cm³/mol. The summed E-state index contributed by atoms with van der Waals surface area (Å²) in [7, 11) is 0. The number of rotatable bonds is 5. The van der Waals surface area contributed by atoms with Crippen LogP contribution < -0.4 is 10.2 Å². The standard InChI is InChI=1S/C23H19N5O2S2/c1-15(22(30)27-14-20(29)24-17-10-5-6-11-18(17)27)32-23-26-25-21(19-12-7-13-31-19)28(23)16-8-3-2-4-9-16/h2-13,15H,14H2,1H3,(H,24,29). The quantitative estimate of drug-likeness (QED) is 0.444. The number of nitrogens with zero attached hydrogens (tertiary/aromatic N) is 4. The van der Waals surface area contributed by atoms with Gasteiger partial charge in [-0.25, -0.2) is 0 Å². The Morgan fingerprint density at radius 2 is 1.84 bits per heavy atom. The van der Waals surface area contributed by atoms with E-state index in [2.05, 4.69) is 15.5 Å². The number of benzene rings is 2. The molecule has 0 radical (unpaired) electrons. The van der Waals surface area contributed by atoms with Crippen LogP contribution in [0.25, 0.3) is 16.4 Å². The summed E-state index contributed by atoms with van der Waals surface area (Å²) in [6.07, 6.45) is 0. The topological polar surface area (TPSA) is 80.1 Å². The summed E-state index contributed by atoms with van der Waals surface area (Å²) < 4.78 is 1.97. The molecule has 1 aliphatic rings. The Morgan fingerprint density at radius 3 is 2.62 bits per heavy atom. The van der Waals surface area contributed by atoms with Crippen LogP contribution in [0.1, 0.15) is 6.92 Å². The van der Waals surface area contributed by atoms with Gasteiger partial charge in [-0.05, 0) is 42.6 Å². The molecule has 5 rings (SSSR count). The summed E-state index contributed by atoms with van der Waals surface area (Å²) in [6, 6.07) is 21.1. The van der Waals surface area contributed by atoms with Gasteiger partial charge < -0.3 is 5.32 Å². The number of fused-ring (bicyclic) bond motifs is 1. The van der Waals surface area contributed by atoms with Crippen molar-refractivity contribution in [2.75, 3.05) is 16.8 Å². The van der Waals surface area contributed by atoms with Gasteiger partial charge in [0.2, 0.25) is 11.8 Å². The smallest absolute Gasteiger partial charge is 0.244 e. The lowest BCUT2D eigenvalue weighted by atomic mass is 10.2. The lowest BCUT2D eigenvalue weighted by molar-refractivity contribution is -0.121. The molecule has 1 N–H and O–H groups in total. The Labute approximate surface area is 193 Å². The molecule has 160 valence electrons. The molecule has 2 aromatic heterocycles. The van der Waals surface area contributed by atoms with Crippen LogP contribution in [0.4, 0.5) is 11.4 Å². The van der Waals surface area contributed by atoms with Crippen LogP contribution in [0.5, 0.6) is 0 Å². The number of thioether (sulfide) groups is 1. The van der Waals surface area contributed by atoms with Gasteiger partial charge in [0.25, 0.3) is 0 Å². The van der Waals surface area contributed by atoms with E-state index in [-0.39, 0.29) is 18.4 Å². The fourth-order valence-corrected chi connectivity index (χ4v) is 5.21. The molecule has 0 fully saturated rings. The first-order chi connectivity index (χ1) is 15.6. The van der Waals surface area contributed by atoms with Crippen LogP contribution in [0.3, 0.4) is 0 Å². The SMILES string of the molecule is CC(Sc1nnc(-c2cccs2)n1-c1ccccc1)C(=O)N1CC(=O)Nc2ccccc21. The minimum absolute atomic E-state index is 0.00737. The van der Waals surface area contributed by atoms with E-state index in [4.69, 9.17) is 0 Å². The van der Waals surface area contributed by atoms with Crippen molar-refractivity contribution in [3.05, 3.63) is 72.1 Å². The number of amides is 2. The highest BCUT2D eigenvalue weighted by Gasteiger charge is 2.31. The Hall–Kier alpha value is -3.43. The average molecular weight is 462 g/mol. The van der Waals surface area contributed by atoms with E-state index in [1.807, 2.05) is 77.5 Å². The minimum Gasteiger partial charge on any atom is -0.323 e. The molecule has 3 heterocycles. The molecule has 0 bridgehead atoms. The zero-order valence-electron chi connectivity index (χ0n) is 17.1. The molecule has 9 heteroatoms. The third-order valence-corrected chi connectivity index (χ3v) is 6.95. The summed E-state index contributed by atoms with van der Waals surface area (Å²) in [6.45, 7) is 1.82. The lowest BCUT2D eigenvalue weighted by Crippen LogP contribution is -2.45. The Balaban J connectivity index is 1.47. The molecule has 1 atom stereocenters. The molecule has 0 saturated carbocycles. The van der Waals surface area contributed by atoms with E-state index in [1.165, 1.54) is 16.7 Å². The number of para-hydroxylation sites is 3. The summed E-state index contributed by atoms with van der Waals surface area (Å²) >= 11 is 2.92. The lowest BCUT2D eigenvalue weighted by Gasteiger charge is -2.30. The fourth-order valence-electron chi connectivity index (χ4n) is 3.58. The van der Waals surface area contributed by atoms with E-state index >= 15 is 0 Å². The van der Waals surface area contributed by atoms with Crippen molar-refractivity contribution in [3.63, 3.8) is 0 Å². The van der Waals surface area contributed by atoms with Crippen molar-refractivity contribution in [3.8, 4) is 16.4 Å². The van der Waals surface area contributed by atoms with Gasteiger partial charge in [0.15, 0.2) is 11.0 Å². The van der Waals surface area contributed by atoms with Crippen LogP contribution in [0.2, 0.25) is 0 Å². The average Bonchev–Trinajstić information content (AvgIpc) is 3.48. The summed E-state index contributed by atoms with van der Waals surface area (Å²) in [4.78, 5) is 28.1. The number of carbonyl (C=O) groups is 2. The maximum absolute atomic E-state index is 13.4. The second-order valence-corrected chi connectivity index (χ2v) is 9.46. The molecular weight excluding hydrogens is 442 g/mol. The highest BCUT2D eigenvalue weighted by atomic mass is 32.2. The van der Waals surface area contributed by atoms with Crippen LogP contribution in [0.15, 0.2) is 77.3 Å². The molecule has 7 nitrogen and oxygen atoms in total. The number of aromatic nitrogens is 3. The molecule has 2 amide bonds. The molecule has 0 spiro atoms. The van der Waals surface area contributed by atoms with Gasteiger partial charge in [-0.15, -0.1) is 21.5 Å². The van der Waals surface area contributed by atoms with E-state index in [1.54, 1.807) is 17.4 Å². The Kier molecular flexibility index (Phi) is 5.50. The van der Waals surface area contributed by atoms with Crippen LogP contribution in [-0.2, 0) is 9.59 Å². The maximum atomic E-state index is 13.4. The Bertz CT molecular complexity index is 1270. The highest BCUT2D eigenvalue weighted by Crippen LogP contribution is 2.34. The molecular formula is C23H19N5O2S2. The first kappa shape index (κ1) is 20.5. The van der Waals surface area contributed by atoms with Crippen LogP contribution >= 0.6 is 23.1 Å². The molecule has 1 aliphatic heterocycles. The second kappa shape index (κ2) is 8.60. The monoisotopic (exact) mass is 461 g/mol. The summed E-state index contributed by atoms with van der Waals surface area (Å²) in [5.74, 6) is 0.371. The minimum atomic E-state index is -0.475. The zero-order chi connectivity index (χ0) is 22.1. The number of thiophene rings is 1. The van der Waals surface area contributed by atoms with Gasteiger partial charge in [-0.3, -0.25) is 19.1 Å². The predicted octanol–water partition coefficient (Wildman–Crippen LogP) is 4.46. The molecule has 32 heavy (non-hydrogen) atoms. The summed E-state index contributed by atoms with van der Waals surface area (Å²) in [5.41, 5.74) is 2.26. The maximum Gasteiger partial charge on any atom is 0.244 e. The number of hydrogen-bond donors (Lipinski definition) is 1. The fraction of sp³-hybridized carbons (Fsp3) is 0.130. The zero-order valence-corrected chi connectivity index (χ0v) is 18.8. The van der Waals surface area contributed by atoms with Crippen molar-refractivity contribution < 1.29 is 9.59 Å². The third kappa shape index (κ3) is 3.80. The molecule has 0 saturated heterocycles. The number of anilines is 2.